The molecule has 0 amide bonds. The van der Waals surface area contributed by atoms with E-state index in [2.05, 4.69) is 11.0 Å². The Morgan fingerprint density at radius 1 is 1.11 bits per heavy atom. The number of fused-ring (bicyclic) bond motifs is 1. The second kappa shape index (κ2) is 12.5. The highest BCUT2D eigenvalue weighted by molar-refractivity contribution is 7.91. The molecule has 1 aromatic heterocycles. The molecular weight excluding hydrogens is 631 g/mol. The van der Waals surface area contributed by atoms with Crippen LogP contribution in [0, 0.1) is 12.3 Å². The van der Waals surface area contributed by atoms with E-state index in [1.165, 1.54) is 0 Å². The highest BCUT2D eigenvalue weighted by atomic mass is 35.5. The van der Waals surface area contributed by atoms with E-state index in [-0.39, 0.29) is 17.7 Å². The Kier molecular flexibility index (Phi) is 9.34. The average molecular weight is 672 g/mol. The molecule has 1 aliphatic heterocycles. The molecule has 1 atom stereocenters. The molecule has 5 rings (SSSR count). The lowest BCUT2D eigenvalue weighted by molar-refractivity contribution is 0.0519. The largest absolute Gasteiger partial charge is 0.591 e. The van der Waals surface area contributed by atoms with E-state index in [0.717, 1.165) is 28.8 Å². The van der Waals surface area contributed by atoms with Gasteiger partial charge in [0.25, 0.3) is 0 Å². The molecule has 1 aliphatic carbocycles. The van der Waals surface area contributed by atoms with E-state index in [1.54, 1.807) is 39.0 Å². The van der Waals surface area contributed by atoms with Gasteiger partial charge in [0.1, 0.15) is 21.8 Å². The van der Waals surface area contributed by atoms with Gasteiger partial charge in [0.05, 0.1) is 33.6 Å². The zero-order chi connectivity index (χ0) is 32.9. The number of halogens is 2. The van der Waals surface area contributed by atoms with Gasteiger partial charge in [-0.25, -0.2) is 14.8 Å². The van der Waals surface area contributed by atoms with Crippen LogP contribution in [-0.2, 0) is 28.1 Å². The van der Waals surface area contributed by atoms with Crippen molar-refractivity contribution in [2.45, 2.75) is 78.1 Å². The van der Waals surface area contributed by atoms with Crippen molar-refractivity contribution in [3.05, 3.63) is 74.5 Å². The number of hydrogen-bond donors (Lipinski definition) is 1. The van der Waals surface area contributed by atoms with Gasteiger partial charge in [0.15, 0.2) is 11.5 Å². The maximum Gasteiger partial charge on any atom is 0.360 e. The van der Waals surface area contributed by atoms with Crippen LogP contribution < -0.4 is 4.90 Å². The van der Waals surface area contributed by atoms with Crippen molar-refractivity contribution in [1.29, 1.82) is 0 Å². The molecule has 240 valence electrons. The Morgan fingerprint density at radius 2 is 1.80 bits per heavy atom. The lowest BCUT2D eigenvalue weighted by Gasteiger charge is -2.40. The molecule has 1 saturated heterocycles. The predicted molar refractivity (Wildman–Crippen MR) is 182 cm³/mol. The number of esters is 1. The number of nitrogens with zero attached hydrogens (tertiary/aromatic N) is 4. The minimum atomic E-state index is -1.47. The van der Waals surface area contributed by atoms with E-state index in [4.69, 9.17) is 42.3 Å². The van der Waals surface area contributed by atoms with Crippen molar-refractivity contribution in [3.8, 4) is 11.3 Å². The van der Waals surface area contributed by atoms with Gasteiger partial charge in [0.2, 0.25) is 0 Å². The number of carbonyl (C=O) groups is 1. The molecule has 2 aliphatic rings. The van der Waals surface area contributed by atoms with E-state index in [0.29, 0.717) is 58.7 Å². The lowest BCUT2D eigenvalue weighted by atomic mass is 9.74. The first kappa shape index (κ1) is 33.7. The second-order valence-electron chi connectivity index (χ2n) is 13.3. The monoisotopic (exact) mass is 670 g/mol. The third-order valence-corrected chi connectivity index (χ3v) is 10.8. The highest BCUT2D eigenvalue weighted by Crippen LogP contribution is 2.47. The average Bonchev–Trinajstić information content (AvgIpc) is 3.25. The van der Waals surface area contributed by atoms with Crippen molar-refractivity contribution in [3.63, 3.8) is 0 Å². The van der Waals surface area contributed by atoms with Crippen LogP contribution in [0.4, 0.5) is 5.82 Å². The van der Waals surface area contributed by atoms with E-state index >= 15 is 0 Å². The van der Waals surface area contributed by atoms with Crippen molar-refractivity contribution >= 4 is 52.1 Å². The molecule has 0 bridgehead atoms. The number of piperidine rings is 1. The van der Waals surface area contributed by atoms with Crippen LogP contribution in [0.2, 0.25) is 10.0 Å². The number of rotatable bonds is 6. The number of carbonyl (C=O) groups excluding carboxylic acids is 1. The summed E-state index contributed by atoms with van der Waals surface area (Å²) < 4.78 is 23.2. The molecule has 2 aromatic carbocycles. The minimum Gasteiger partial charge on any atom is -0.591 e. The van der Waals surface area contributed by atoms with Crippen LogP contribution in [0.15, 0.2) is 40.8 Å². The fourth-order valence-electron chi connectivity index (χ4n) is 6.00. The second-order valence-corrected chi connectivity index (χ2v) is 16.0. The smallest absolute Gasteiger partial charge is 0.360 e. The number of aromatic nitrogens is 2. The van der Waals surface area contributed by atoms with Gasteiger partial charge < -0.3 is 19.3 Å². The molecule has 3 aromatic rings. The maximum absolute atomic E-state index is 13.4. The van der Waals surface area contributed by atoms with Crippen LogP contribution >= 0.6 is 23.2 Å². The number of anilines is 1. The zero-order valence-electron chi connectivity index (χ0n) is 26.8. The number of aliphatic hydroxyl groups is 1. The summed E-state index contributed by atoms with van der Waals surface area (Å²) in [7, 11) is 0. The van der Waals surface area contributed by atoms with E-state index in [9.17, 15) is 14.5 Å². The topological polar surface area (TPSA) is 111 Å². The summed E-state index contributed by atoms with van der Waals surface area (Å²) in [6, 6.07) is 11.3. The van der Waals surface area contributed by atoms with Crippen LogP contribution in [0.5, 0.6) is 0 Å². The van der Waals surface area contributed by atoms with Crippen molar-refractivity contribution in [2.75, 3.05) is 24.6 Å². The summed E-state index contributed by atoms with van der Waals surface area (Å²) >= 11 is 11.4. The Bertz CT molecular complexity index is 1660. The van der Waals surface area contributed by atoms with Crippen LogP contribution in [0.25, 0.3) is 11.3 Å². The number of hydrogen-bond acceptors (Lipinski definition) is 8. The summed E-state index contributed by atoms with van der Waals surface area (Å²) in [5, 5.41) is 11.5. The molecular formula is C34H40Cl2N4O4S. The molecule has 0 unspecified atom stereocenters. The molecule has 0 radical (unpaired) electrons. The summed E-state index contributed by atoms with van der Waals surface area (Å²) in [5.41, 5.74) is 4.11. The van der Waals surface area contributed by atoms with Crippen LogP contribution in [0.1, 0.15) is 87.3 Å². The van der Waals surface area contributed by atoms with Gasteiger partial charge in [-0.2, -0.15) is 0 Å². The minimum absolute atomic E-state index is 0.122. The molecule has 8 nitrogen and oxygen atoms in total. The summed E-state index contributed by atoms with van der Waals surface area (Å²) in [6.07, 6.45) is 2.15. The Labute approximate surface area is 278 Å². The summed E-state index contributed by atoms with van der Waals surface area (Å²) in [4.78, 5) is 25.0. The number of benzene rings is 2. The van der Waals surface area contributed by atoms with E-state index in [1.807, 2.05) is 39.8 Å². The summed E-state index contributed by atoms with van der Waals surface area (Å²) in [5.74, 6) is -0.103. The zero-order valence-corrected chi connectivity index (χ0v) is 29.2. The van der Waals surface area contributed by atoms with Gasteiger partial charge in [0, 0.05) is 29.6 Å². The highest BCUT2D eigenvalue weighted by Gasteiger charge is 2.48. The molecule has 11 heteroatoms. The molecule has 1 spiro atoms. The SMILES string of the molecule is CCOC(=O)c1nc(-c2cccc(Cl)c2Cl)c(C)nc1N1CCC2(CC1)Cc1ccc(C(C)(C)O)cc1C2=N[S@+]([O-])C(C)(C)C. The van der Waals surface area contributed by atoms with Gasteiger partial charge >= 0.3 is 5.97 Å². The van der Waals surface area contributed by atoms with Crippen LogP contribution in [0.3, 0.4) is 0 Å². The van der Waals surface area contributed by atoms with Crippen molar-refractivity contribution < 1.29 is 19.2 Å². The first-order valence-electron chi connectivity index (χ1n) is 15.2. The predicted octanol–water partition coefficient (Wildman–Crippen LogP) is 7.26. The third-order valence-electron chi connectivity index (χ3n) is 8.55. The lowest BCUT2D eigenvalue weighted by Crippen LogP contribution is -2.45. The molecule has 1 fully saturated rings. The Hall–Kier alpha value is -2.69. The van der Waals surface area contributed by atoms with Gasteiger partial charge in [-0.1, -0.05) is 51.9 Å². The molecule has 1 N–H and O–H groups in total. The molecule has 0 saturated carbocycles. The third kappa shape index (κ3) is 6.60. The normalized spacial score (nSPS) is 17.9. The quantitative estimate of drug-likeness (QED) is 0.217. The first-order chi connectivity index (χ1) is 21.1. The molecule has 45 heavy (non-hydrogen) atoms. The number of ether oxygens (including phenoxy) is 1. The summed E-state index contributed by atoms with van der Waals surface area (Å²) in [6.45, 7) is 14.2. The first-order valence-corrected chi connectivity index (χ1v) is 17.0. The van der Waals surface area contributed by atoms with Crippen LogP contribution in [-0.4, -0.2) is 55.8 Å². The fraction of sp³-hybridized carbons (Fsp3) is 0.471. The fourth-order valence-corrected chi connectivity index (χ4v) is 7.12. The standard InChI is InChI=1S/C34H40Cl2N4O4S/c1-8-44-31(41)28-30(37-20(2)27(38-28)23-10-9-11-25(35)26(23)36)40-16-14-34(15-17-40)19-21-12-13-22(33(6,7)42)18-24(21)29(34)39-45(43)32(3,4)5/h9-13,18,42H,8,14-17,19H2,1-7H3/t45-/m1/s1. The van der Waals surface area contributed by atoms with Crippen molar-refractivity contribution in [2.24, 2.45) is 9.81 Å². The van der Waals surface area contributed by atoms with E-state index < -0.39 is 27.7 Å². The van der Waals surface area contributed by atoms with Gasteiger partial charge in [-0.05, 0) is 91.0 Å². The maximum atomic E-state index is 13.4. The number of aryl methyl sites for hydroxylation is 1. The molecule has 2 heterocycles. The van der Waals surface area contributed by atoms with Crippen molar-refractivity contribution in [1.82, 2.24) is 9.97 Å². The Morgan fingerprint density at radius 3 is 2.42 bits per heavy atom. The van der Waals surface area contributed by atoms with Gasteiger partial charge in [-0.15, -0.1) is 0 Å². The van der Waals surface area contributed by atoms with Gasteiger partial charge in [-0.3, -0.25) is 0 Å². The Balaban J connectivity index is 1.53.